The Balaban J connectivity index is 2.42. The minimum Gasteiger partial charge on any atom is -0.440 e. The van der Waals surface area contributed by atoms with Crippen molar-refractivity contribution >= 4 is 28.9 Å². The Kier molecular flexibility index (Phi) is 4.04. The van der Waals surface area contributed by atoms with E-state index in [0.29, 0.717) is 17.5 Å². The zero-order valence-electron chi connectivity index (χ0n) is 10.7. The lowest BCUT2D eigenvalue weighted by Gasteiger charge is -2.22. The van der Waals surface area contributed by atoms with Crippen LogP contribution in [0.15, 0.2) is 29.3 Å². The molecule has 4 heteroatoms. The van der Waals surface area contributed by atoms with E-state index in [0.717, 1.165) is 17.0 Å². The molecule has 0 saturated heterocycles. The summed E-state index contributed by atoms with van der Waals surface area (Å²) in [5.74, 6) is 1.35. The number of hydrogen-bond donors (Lipinski definition) is 0. The molecule has 0 fully saturated rings. The van der Waals surface area contributed by atoms with E-state index >= 15 is 0 Å². The van der Waals surface area contributed by atoms with Crippen molar-refractivity contribution in [2.24, 2.45) is 4.99 Å². The third-order valence-corrected chi connectivity index (χ3v) is 2.93. The van der Waals surface area contributed by atoms with Crippen LogP contribution in [-0.2, 0) is 9.47 Å². The number of aliphatic imine (C=N–C) groups is 1. The average molecular weight is 266 g/mol. The van der Waals surface area contributed by atoms with E-state index in [4.69, 9.17) is 21.1 Å². The molecule has 1 heterocycles. The number of fused-ring (bicyclic) bond motifs is 1. The topological polar surface area (TPSA) is 30.8 Å². The maximum Gasteiger partial charge on any atom is 0.224 e. The summed E-state index contributed by atoms with van der Waals surface area (Å²) < 4.78 is 11.3. The molecular formula is C14H16ClNO2. The van der Waals surface area contributed by atoms with Crippen LogP contribution in [0.5, 0.6) is 0 Å². The van der Waals surface area contributed by atoms with E-state index in [-0.39, 0.29) is 6.10 Å². The highest BCUT2D eigenvalue weighted by Gasteiger charge is 2.22. The quantitative estimate of drug-likeness (QED) is 0.821. The first-order chi connectivity index (χ1) is 8.65. The fourth-order valence-electron chi connectivity index (χ4n) is 1.82. The number of ether oxygens (including phenoxy) is 2. The molecule has 0 aromatic heterocycles. The Morgan fingerprint density at radius 3 is 2.94 bits per heavy atom. The second kappa shape index (κ2) is 5.55. The smallest absolute Gasteiger partial charge is 0.224 e. The molecule has 0 N–H and O–H groups in total. The summed E-state index contributed by atoms with van der Waals surface area (Å²) in [7, 11) is 0. The van der Waals surface area contributed by atoms with Gasteiger partial charge in [-0.25, -0.2) is 4.99 Å². The molecule has 2 rings (SSSR count). The molecule has 1 atom stereocenters. The fourth-order valence-corrected chi connectivity index (χ4v) is 1.99. The van der Waals surface area contributed by atoms with Gasteiger partial charge in [-0.15, -0.1) is 0 Å². The molecule has 1 aromatic carbocycles. The Labute approximate surface area is 112 Å². The lowest BCUT2D eigenvalue weighted by Crippen LogP contribution is -2.24. The van der Waals surface area contributed by atoms with Crippen molar-refractivity contribution in [3.63, 3.8) is 0 Å². The Morgan fingerprint density at radius 1 is 1.50 bits per heavy atom. The number of allylic oxidation sites excluding steroid dienone is 1. The van der Waals surface area contributed by atoms with Gasteiger partial charge in [0, 0.05) is 17.2 Å². The number of hydrogen-bond acceptors (Lipinski definition) is 3. The van der Waals surface area contributed by atoms with Crippen LogP contribution in [0, 0.1) is 0 Å². The number of halogens is 1. The summed E-state index contributed by atoms with van der Waals surface area (Å²) in [5.41, 5.74) is 1.78. The highest BCUT2D eigenvalue weighted by molar-refractivity contribution is 6.30. The van der Waals surface area contributed by atoms with Crippen LogP contribution in [-0.4, -0.2) is 18.6 Å². The van der Waals surface area contributed by atoms with Crippen LogP contribution in [0.1, 0.15) is 26.3 Å². The molecule has 0 amide bonds. The van der Waals surface area contributed by atoms with Crippen LogP contribution in [0.25, 0.3) is 5.76 Å². The maximum absolute atomic E-state index is 5.99. The monoisotopic (exact) mass is 265 g/mol. The average Bonchev–Trinajstić information content (AvgIpc) is 2.37. The van der Waals surface area contributed by atoms with Gasteiger partial charge in [0.05, 0.1) is 5.69 Å². The molecule has 1 aromatic rings. The minimum absolute atomic E-state index is 0.159. The van der Waals surface area contributed by atoms with E-state index < -0.39 is 0 Å². The molecule has 0 spiro atoms. The van der Waals surface area contributed by atoms with Gasteiger partial charge < -0.3 is 9.47 Å². The van der Waals surface area contributed by atoms with Gasteiger partial charge in [0.15, 0.2) is 0 Å². The summed E-state index contributed by atoms with van der Waals surface area (Å²) in [4.78, 5) is 4.47. The first-order valence-corrected chi connectivity index (χ1v) is 6.37. The van der Waals surface area contributed by atoms with Crippen LogP contribution in [0.3, 0.4) is 0 Å². The Bertz CT molecular complexity index is 509. The van der Waals surface area contributed by atoms with E-state index in [1.54, 1.807) is 0 Å². The SMILES string of the molecule is C/C=C1\OC(C(C)OCC)=Nc2ccc(Cl)cc21. The fraction of sp³-hybridized carbons (Fsp3) is 0.357. The third kappa shape index (κ3) is 2.57. The molecule has 1 aliphatic heterocycles. The van der Waals surface area contributed by atoms with Crippen molar-refractivity contribution in [2.45, 2.75) is 26.9 Å². The van der Waals surface area contributed by atoms with Gasteiger partial charge in [0.25, 0.3) is 0 Å². The van der Waals surface area contributed by atoms with E-state index in [1.165, 1.54) is 0 Å². The van der Waals surface area contributed by atoms with Crippen LogP contribution < -0.4 is 0 Å². The predicted molar refractivity (Wildman–Crippen MR) is 74.4 cm³/mol. The van der Waals surface area contributed by atoms with Crippen molar-refractivity contribution in [1.29, 1.82) is 0 Å². The molecule has 3 nitrogen and oxygen atoms in total. The van der Waals surface area contributed by atoms with Gasteiger partial charge in [0.2, 0.25) is 5.90 Å². The molecule has 0 aliphatic carbocycles. The first kappa shape index (κ1) is 13.1. The Hall–Kier alpha value is -1.32. The van der Waals surface area contributed by atoms with Crippen LogP contribution in [0.2, 0.25) is 5.02 Å². The number of rotatable bonds is 3. The van der Waals surface area contributed by atoms with Gasteiger partial charge in [-0.05, 0) is 45.0 Å². The van der Waals surface area contributed by atoms with Gasteiger partial charge >= 0.3 is 0 Å². The standard InChI is InChI=1S/C14H16ClNO2/c1-4-13-11-8-10(15)6-7-12(11)16-14(18-13)9(3)17-5-2/h4,6-9H,5H2,1-3H3/b13-4-. The van der Waals surface area contributed by atoms with Crippen LogP contribution in [0.4, 0.5) is 5.69 Å². The van der Waals surface area contributed by atoms with Crippen molar-refractivity contribution in [3.8, 4) is 0 Å². The molecule has 96 valence electrons. The van der Waals surface area contributed by atoms with Crippen molar-refractivity contribution in [3.05, 3.63) is 34.9 Å². The summed E-state index contributed by atoms with van der Waals surface area (Å²) in [5, 5.41) is 0.674. The largest absolute Gasteiger partial charge is 0.440 e. The van der Waals surface area contributed by atoms with Gasteiger partial charge in [-0.3, -0.25) is 0 Å². The second-order valence-electron chi connectivity index (χ2n) is 3.96. The van der Waals surface area contributed by atoms with Crippen molar-refractivity contribution < 1.29 is 9.47 Å². The van der Waals surface area contributed by atoms with E-state index in [9.17, 15) is 0 Å². The molecule has 0 radical (unpaired) electrons. The molecule has 0 bridgehead atoms. The number of nitrogens with zero attached hydrogens (tertiary/aromatic N) is 1. The minimum atomic E-state index is -0.159. The lowest BCUT2D eigenvalue weighted by molar-refractivity contribution is 0.109. The molecule has 1 aliphatic rings. The predicted octanol–water partition coefficient (Wildman–Crippen LogP) is 4.19. The summed E-state index contributed by atoms with van der Waals surface area (Å²) in [6, 6.07) is 5.58. The first-order valence-electron chi connectivity index (χ1n) is 6.00. The normalized spacial score (nSPS) is 18.0. The molecule has 0 saturated carbocycles. The zero-order chi connectivity index (χ0) is 13.1. The highest BCUT2D eigenvalue weighted by atomic mass is 35.5. The summed E-state index contributed by atoms with van der Waals surface area (Å²) in [6.45, 7) is 6.43. The van der Waals surface area contributed by atoms with E-state index in [1.807, 2.05) is 45.0 Å². The summed E-state index contributed by atoms with van der Waals surface area (Å²) >= 11 is 5.99. The van der Waals surface area contributed by atoms with E-state index in [2.05, 4.69) is 4.99 Å². The molecular weight excluding hydrogens is 250 g/mol. The van der Waals surface area contributed by atoms with Gasteiger partial charge in [-0.2, -0.15) is 0 Å². The number of benzene rings is 1. The zero-order valence-corrected chi connectivity index (χ0v) is 11.5. The summed E-state index contributed by atoms with van der Waals surface area (Å²) in [6.07, 6.45) is 1.75. The third-order valence-electron chi connectivity index (χ3n) is 2.70. The van der Waals surface area contributed by atoms with Crippen LogP contribution >= 0.6 is 11.6 Å². The second-order valence-corrected chi connectivity index (χ2v) is 4.40. The molecule has 1 unspecified atom stereocenters. The maximum atomic E-state index is 5.99. The van der Waals surface area contributed by atoms with Crippen molar-refractivity contribution in [1.82, 2.24) is 0 Å². The Morgan fingerprint density at radius 2 is 2.28 bits per heavy atom. The van der Waals surface area contributed by atoms with Gasteiger partial charge in [0.1, 0.15) is 11.9 Å². The highest BCUT2D eigenvalue weighted by Crippen LogP contribution is 2.34. The van der Waals surface area contributed by atoms with Gasteiger partial charge in [-0.1, -0.05) is 11.6 Å². The molecule has 18 heavy (non-hydrogen) atoms. The lowest BCUT2D eigenvalue weighted by atomic mass is 10.1. The van der Waals surface area contributed by atoms with Crippen molar-refractivity contribution in [2.75, 3.05) is 6.61 Å².